The molecule has 0 amide bonds. The van der Waals surface area contributed by atoms with Crippen molar-refractivity contribution in [3.8, 4) is 0 Å². The molecule has 0 saturated carbocycles. The molecule has 3 nitrogen and oxygen atoms in total. The van der Waals surface area contributed by atoms with Crippen molar-refractivity contribution in [2.24, 2.45) is 5.73 Å². The average Bonchev–Trinajstić information content (AvgIpc) is 2.46. The summed E-state index contributed by atoms with van der Waals surface area (Å²) in [5.74, 6) is 0. The fourth-order valence-corrected chi connectivity index (χ4v) is 2.83. The molecule has 1 atom stereocenters. The van der Waals surface area contributed by atoms with Crippen molar-refractivity contribution < 1.29 is 0 Å². The van der Waals surface area contributed by atoms with Gasteiger partial charge in [0, 0.05) is 44.0 Å². The van der Waals surface area contributed by atoms with Crippen molar-refractivity contribution in [1.82, 2.24) is 4.90 Å². The summed E-state index contributed by atoms with van der Waals surface area (Å²) in [6.45, 7) is 11.8. The van der Waals surface area contributed by atoms with Crippen molar-refractivity contribution in [3.05, 3.63) is 29.8 Å². The number of aryl methyl sites for hydroxylation is 1. The molecule has 1 aromatic rings. The summed E-state index contributed by atoms with van der Waals surface area (Å²) in [6, 6.07) is 8.79. The molecule has 0 bridgehead atoms. The molecule has 0 aliphatic carbocycles. The molecule has 1 aliphatic rings. The van der Waals surface area contributed by atoms with Gasteiger partial charge in [-0.3, -0.25) is 4.90 Å². The van der Waals surface area contributed by atoms with Crippen LogP contribution in [0.4, 0.5) is 5.69 Å². The number of hydrogen-bond acceptors (Lipinski definition) is 3. The zero-order valence-corrected chi connectivity index (χ0v) is 12.5. The van der Waals surface area contributed by atoms with Crippen LogP contribution >= 0.6 is 0 Å². The van der Waals surface area contributed by atoms with E-state index < -0.39 is 0 Å². The summed E-state index contributed by atoms with van der Waals surface area (Å²) in [7, 11) is 0. The molecule has 1 aromatic carbocycles. The lowest BCUT2D eigenvalue weighted by molar-refractivity contribution is 0.0988. The van der Waals surface area contributed by atoms with E-state index in [1.165, 1.54) is 11.3 Å². The van der Waals surface area contributed by atoms with Gasteiger partial charge in [0.25, 0.3) is 0 Å². The van der Waals surface area contributed by atoms with E-state index in [9.17, 15) is 0 Å². The Morgan fingerprint density at radius 1 is 1.21 bits per heavy atom. The van der Waals surface area contributed by atoms with Gasteiger partial charge >= 0.3 is 0 Å². The van der Waals surface area contributed by atoms with E-state index in [0.717, 1.165) is 39.1 Å². The van der Waals surface area contributed by atoms with Gasteiger partial charge in [-0.2, -0.15) is 0 Å². The number of nitrogens with two attached hydrogens (primary N) is 1. The lowest BCUT2D eigenvalue weighted by Crippen LogP contribution is -2.58. The van der Waals surface area contributed by atoms with Gasteiger partial charge in [0.1, 0.15) is 0 Å². The lowest BCUT2D eigenvalue weighted by atomic mass is 9.95. The lowest BCUT2D eigenvalue weighted by Gasteiger charge is -2.45. The van der Waals surface area contributed by atoms with Gasteiger partial charge in [-0.25, -0.2) is 0 Å². The summed E-state index contributed by atoms with van der Waals surface area (Å²) < 4.78 is 0. The zero-order valence-electron chi connectivity index (χ0n) is 12.5. The Morgan fingerprint density at radius 2 is 1.89 bits per heavy atom. The van der Waals surface area contributed by atoms with E-state index in [1.54, 1.807) is 0 Å². The Labute approximate surface area is 117 Å². The van der Waals surface area contributed by atoms with Crippen LogP contribution < -0.4 is 10.6 Å². The van der Waals surface area contributed by atoms with Gasteiger partial charge in [0.05, 0.1) is 0 Å². The summed E-state index contributed by atoms with van der Waals surface area (Å²) in [4.78, 5) is 5.04. The number of hydrogen-bond donors (Lipinski definition) is 1. The minimum atomic E-state index is 0.165. The molecule has 1 aliphatic heterocycles. The minimum absolute atomic E-state index is 0.165. The van der Waals surface area contributed by atoms with E-state index in [1.807, 2.05) is 0 Å². The van der Waals surface area contributed by atoms with Crippen LogP contribution in [0, 0.1) is 6.92 Å². The number of benzene rings is 1. The smallest absolute Gasteiger partial charge is 0.0369 e. The second kappa shape index (κ2) is 5.93. The first-order chi connectivity index (χ1) is 9.09. The third-order valence-electron chi connectivity index (χ3n) is 4.61. The van der Waals surface area contributed by atoms with Crippen molar-refractivity contribution in [3.63, 3.8) is 0 Å². The summed E-state index contributed by atoms with van der Waals surface area (Å²) in [5, 5.41) is 0. The largest absolute Gasteiger partial charge is 0.369 e. The standard InChI is InChI=1S/C16H27N3/c1-4-16(3,13-17)19-10-8-18(9-11-19)15-7-5-6-14(2)12-15/h5-7,12H,4,8-11,13,17H2,1-3H3. The molecular weight excluding hydrogens is 234 g/mol. The second-order valence-electron chi connectivity index (χ2n) is 5.87. The molecule has 2 rings (SSSR count). The van der Waals surface area contributed by atoms with Crippen molar-refractivity contribution in [1.29, 1.82) is 0 Å². The van der Waals surface area contributed by atoms with Crippen LogP contribution in [0.5, 0.6) is 0 Å². The molecular formula is C16H27N3. The van der Waals surface area contributed by atoms with Crippen molar-refractivity contribution in [2.75, 3.05) is 37.6 Å². The number of rotatable bonds is 4. The highest BCUT2D eigenvalue weighted by molar-refractivity contribution is 5.48. The number of piperazine rings is 1. The maximum atomic E-state index is 5.96. The molecule has 19 heavy (non-hydrogen) atoms. The first-order valence-corrected chi connectivity index (χ1v) is 7.36. The fraction of sp³-hybridized carbons (Fsp3) is 0.625. The van der Waals surface area contributed by atoms with Crippen LogP contribution in [0.1, 0.15) is 25.8 Å². The molecule has 0 radical (unpaired) electrons. The number of anilines is 1. The Balaban J connectivity index is 1.99. The summed E-state index contributed by atoms with van der Waals surface area (Å²) in [6.07, 6.45) is 1.12. The van der Waals surface area contributed by atoms with E-state index in [0.29, 0.717) is 0 Å². The van der Waals surface area contributed by atoms with E-state index in [4.69, 9.17) is 5.73 Å². The second-order valence-corrected chi connectivity index (χ2v) is 5.87. The van der Waals surface area contributed by atoms with E-state index in [2.05, 4.69) is 54.8 Å². The fourth-order valence-electron chi connectivity index (χ4n) is 2.83. The molecule has 1 fully saturated rings. The Morgan fingerprint density at radius 3 is 2.42 bits per heavy atom. The van der Waals surface area contributed by atoms with E-state index >= 15 is 0 Å². The van der Waals surface area contributed by atoms with Crippen LogP contribution in [0.3, 0.4) is 0 Å². The molecule has 3 heteroatoms. The Bertz CT molecular complexity index is 404. The molecule has 2 N–H and O–H groups in total. The average molecular weight is 261 g/mol. The third kappa shape index (κ3) is 3.10. The first-order valence-electron chi connectivity index (χ1n) is 7.36. The maximum absolute atomic E-state index is 5.96. The molecule has 1 unspecified atom stereocenters. The molecule has 0 spiro atoms. The Kier molecular flexibility index (Phi) is 4.48. The highest BCUT2D eigenvalue weighted by Crippen LogP contribution is 2.23. The van der Waals surface area contributed by atoms with Gasteiger partial charge in [-0.05, 0) is 38.0 Å². The van der Waals surface area contributed by atoms with Crippen LogP contribution in [-0.2, 0) is 0 Å². The maximum Gasteiger partial charge on any atom is 0.0369 e. The number of nitrogens with zero attached hydrogens (tertiary/aromatic N) is 2. The summed E-state index contributed by atoms with van der Waals surface area (Å²) in [5.41, 5.74) is 8.81. The van der Waals surface area contributed by atoms with Gasteiger partial charge in [-0.1, -0.05) is 19.1 Å². The van der Waals surface area contributed by atoms with Gasteiger partial charge in [0.15, 0.2) is 0 Å². The van der Waals surface area contributed by atoms with Crippen LogP contribution in [-0.4, -0.2) is 43.2 Å². The van der Waals surface area contributed by atoms with Crippen LogP contribution in [0.15, 0.2) is 24.3 Å². The highest BCUT2D eigenvalue weighted by Gasteiger charge is 2.31. The minimum Gasteiger partial charge on any atom is -0.369 e. The third-order valence-corrected chi connectivity index (χ3v) is 4.61. The predicted octanol–water partition coefficient (Wildman–Crippen LogP) is 2.24. The van der Waals surface area contributed by atoms with Crippen LogP contribution in [0.2, 0.25) is 0 Å². The van der Waals surface area contributed by atoms with Crippen molar-refractivity contribution >= 4 is 5.69 Å². The quantitative estimate of drug-likeness (QED) is 0.902. The topological polar surface area (TPSA) is 32.5 Å². The zero-order chi connectivity index (χ0) is 13.9. The van der Waals surface area contributed by atoms with Crippen LogP contribution in [0.25, 0.3) is 0 Å². The normalized spacial score (nSPS) is 20.3. The van der Waals surface area contributed by atoms with Crippen molar-refractivity contribution in [2.45, 2.75) is 32.7 Å². The molecule has 106 valence electrons. The van der Waals surface area contributed by atoms with Gasteiger partial charge in [-0.15, -0.1) is 0 Å². The molecule has 1 saturated heterocycles. The molecule has 1 heterocycles. The monoisotopic (exact) mass is 261 g/mol. The SMILES string of the molecule is CCC(C)(CN)N1CCN(c2cccc(C)c2)CC1. The first kappa shape index (κ1) is 14.4. The Hall–Kier alpha value is -1.06. The highest BCUT2D eigenvalue weighted by atomic mass is 15.3. The summed E-state index contributed by atoms with van der Waals surface area (Å²) >= 11 is 0. The molecule has 0 aromatic heterocycles. The van der Waals surface area contributed by atoms with Gasteiger partial charge in [0.2, 0.25) is 0 Å². The van der Waals surface area contributed by atoms with E-state index in [-0.39, 0.29) is 5.54 Å². The predicted molar refractivity (Wildman–Crippen MR) is 82.7 cm³/mol. The van der Waals surface area contributed by atoms with Gasteiger partial charge < -0.3 is 10.6 Å².